The highest BCUT2D eigenvalue weighted by molar-refractivity contribution is 5.94. The molecule has 2 aromatic rings. The Morgan fingerprint density at radius 2 is 1.97 bits per heavy atom. The number of nitrogens with zero attached hydrogens (tertiary/aromatic N) is 6. The molecule has 0 N–H and O–H groups in total. The number of hydrogen-bond acceptors (Lipinski definition) is 6. The number of morpholine rings is 1. The van der Waals surface area contributed by atoms with Crippen molar-refractivity contribution in [3.05, 3.63) is 42.0 Å². The van der Waals surface area contributed by atoms with E-state index in [4.69, 9.17) is 9.72 Å². The average molecular weight is 396 g/mol. The second-order valence-corrected chi connectivity index (χ2v) is 8.72. The molecule has 1 unspecified atom stereocenters. The zero-order chi connectivity index (χ0) is 20.0. The van der Waals surface area contributed by atoms with Crippen LogP contribution in [0.25, 0.3) is 0 Å². The van der Waals surface area contributed by atoms with Gasteiger partial charge < -0.3 is 24.0 Å². The van der Waals surface area contributed by atoms with Gasteiger partial charge in [-0.05, 0) is 19.2 Å². The van der Waals surface area contributed by atoms with E-state index < -0.39 is 0 Å². The molecule has 3 aliphatic rings. The molecule has 8 nitrogen and oxygen atoms in total. The summed E-state index contributed by atoms with van der Waals surface area (Å²) in [7, 11) is 4.10. The number of amides is 1. The van der Waals surface area contributed by atoms with Crippen molar-refractivity contribution in [3.63, 3.8) is 0 Å². The van der Waals surface area contributed by atoms with E-state index in [1.165, 1.54) is 0 Å². The topological polar surface area (TPSA) is 66.7 Å². The van der Waals surface area contributed by atoms with Gasteiger partial charge >= 0.3 is 0 Å². The van der Waals surface area contributed by atoms with Crippen LogP contribution in [0.2, 0.25) is 0 Å². The lowest BCUT2D eigenvalue weighted by atomic mass is 9.70. The maximum Gasteiger partial charge on any atom is 0.255 e. The van der Waals surface area contributed by atoms with Crippen LogP contribution < -0.4 is 4.90 Å². The number of aryl methyl sites for hydroxylation is 1. The van der Waals surface area contributed by atoms with Crippen molar-refractivity contribution in [2.24, 2.45) is 12.5 Å². The summed E-state index contributed by atoms with van der Waals surface area (Å²) in [5.74, 6) is 1.24. The molecule has 1 spiro atoms. The summed E-state index contributed by atoms with van der Waals surface area (Å²) in [6.07, 6.45) is 5.69. The molecule has 3 saturated heterocycles. The quantitative estimate of drug-likeness (QED) is 0.766. The van der Waals surface area contributed by atoms with Gasteiger partial charge in [-0.25, -0.2) is 9.97 Å². The van der Waals surface area contributed by atoms with Crippen molar-refractivity contribution in [2.45, 2.75) is 5.92 Å². The van der Waals surface area contributed by atoms with Gasteiger partial charge in [0.25, 0.3) is 5.91 Å². The second kappa shape index (κ2) is 7.11. The molecule has 0 bridgehead atoms. The number of carbonyl (C=O) groups excluding carboxylic acids is 1. The molecular weight excluding hydrogens is 368 g/mol. The molecule has 1 atom stereocenters. The van der Waals surface area contributed by atoms with Crippen LogP contribution in [-0.4, -0.2) is 89.8 Å². The Morgan fingerprint density at radius 3 is 2.69 bits per heavy atom. The summed E-state index contributed by atoms with van der Waals surface area (Å²) >= 11 is 0. The molecule has 2 aromatic heterocycles. The monoisotopic (exact) mass is 396 g/mol. The first kappa shape index (κ1) is 18.6. The highest BCUT2D eigenvalue weighted by Gasteiger charge is 2.55. The number of rotatable bonds is 3. The van der Waals surface area contributed by atoms with Crippen LogP contribution in [0.1, 0.15) is 22.0 Å². The minimum absolute atomic E-state index is 0.0792. The number of anilines is 1. The van der Waals surface area contributed by atoms with E-state index in [0.29, 0.717) is 5.92 Å². The Morgan fingerprint density at radius 1 is 1.17 bits per heavy atom. The predicted molar refractivity (Wildman–Crippen MR) is 109 cm³/mol. The van der Waals surface area contributed by atoms with Crippen molar-refractivity contribution in [3.8, 4) is 0 Å². The Kier molecular flexibility index (Phi) is 4.55. The van der Waals surface area contributed by atoms with E-state index in [9.17, 15) is 4.79 Å². The fraction of sp³-hybridized carbons (Fsp3) is 0.571. The average Bonchev–Trinajstić information content (AvgIpc) is 3.30. The van der Waals surface area contributed by atoms with Crippen molar-refractivity contribution in [1.82, 2.24) is 24.3 Å². The van der Waals surface area contributed by atoms with Crippen LogP contribution in [-0.2, 0) is 11.8 Å². The van der Waals surface area contributed by atoms with Crippen LogP contribution in [0, 0.1) is 5.41 Å². The maximum atomic E-state index is 12.8. The number of likely N-dealkylation sites (tertiary alicyclic amines) is 2. The number of ether oxygens (including phenoxy) is 1. The summed E-state index contributed by atoms with van der Waals surface area (Å²) in [5.41, 5.74) is 1.94. The first-order chi connectivity index (χ1) is 14.0. The van der Waals surface area contributed by atoms with Crippen molar-refractivity contribution >= 4 is 11.9 Å². The van der Waals surface area contributed by atoms with Crippen molar-refractivity contribution in [1.29, 1.82) is 0 Å². The lowest BCUT2D eigenvalue weighted by Crippen LogP contribution is -2.61. The summed E-state index contributed by atoms with van der Waals surface area (Å²) in [4.78, 5) is 28.8. The van der Waals surface area contributed by atoms with Gasteiger partial charge in [0.1, 0.15) is 0 Å². The molecule has 3 aliphatic heterocycles. The predicted octanol–water partition coefficient (Wildman–Crippen LogP) is 0.823. The highest BCUT2D eigenvalue weighted by atomic mass is 16.5. The molecule has 0 aromatic carbocycles. The maximum absolute atomic E-state index is 12.8. The fourth-order valence-electron chi connectivity index (χ4n) is 5.09. The molecule has 5 rings (SSSR count). The van der Waals surface area contributed by atoms with Gasteiger partial charge in [0.2, 0.25) is 5.95 Å². The van der Waals surface area contributed by atoms with E-state index in [0.717, 1.165) is 69.7 Å². The van der Waals surface area contributed by atoms with Crippen LogP contribution in [0.15, 0.2) is 30.7 Å². The Balaban J connectivity index is 1.34. The Bertz CT molecular complexity index is 900. The van der Waals surface area contributed by atoms with Crippen molar-refractivity contribution < 1.29 is 9.53 Å². The number of hydrogen-bond donors (Lipinski definition) is 0. The molecule has 154 valence electrons. The second-order valence-electron chi connectivity index (χ2n) is 8.72. The van der Waals surface area contributed by atoms with Gasteiger partial charge in [-0.1, -0.05) is 0 Å². The highest BCUT2D eigenvalue weighted by Crippen LogP contribution is 2.48. The minimum atomic E-state index is 0.0792. The standard InChI is InChI=1S/C21H28N6O2/c1-24-6-4-16(11-24)19(28)27-14-21(15-27)13-25(2)12-17(21)18-3-5-22-20(23-18)26-7-9-29-10-8-26/h3-6,11,17H,7-10,12-15H2,1-2H3. The minimum Gasteiger partial charge on any atom is -0.378 e. The third-order valence-electron chi connectivity index (χ3n) is 6.51. The first-order valence-corrected chi connectivity index (χ1v) is 10.3. The third kappa shape index (κ3) is 3.30. The SMILES string of the molecule is CN1CC(c2ccnc(N3CCOCC3)n2)C2(C1)CN(C(=O)c1ccn(C)c1)C2. The van der Waals surface area contributed by atoms with E-state index >= 15 is 0 Å². The molecular formula is C21H28N6O2. The van der Waals surface area contributed by atoms with Gasteiger partial charge in [-0.3, -0.25) is 4.79 Å². The van der Waals surface area contributed by atoms with Gasteiger partial charge in [-0.15, -0.1) is 0 Å². The first-order valence-electron chi connectivity index (χ1n) is 10.3. The Labute approximate surface area is 171 Å². The zero-order valence-corrected chi connectivity index (χ0v) is 17.1. The summed E-state index contributed by atoms with van der Waals surface area (Å²) in [5, 5.41) is 0. The number of carbonyl (C=O) groups is 1. The largest absolute Gasteiger partial charge is 0.378 e. The van der Waals surface area contributed by atoms with Gasteiger partial charge in [0.15, 0.2) is 0 Å². The molecule has 5 heterocycles. The molecule has 0 aliphatic carbocycles. The lowest BCUT2D eigenvalue weighted by molar-refractivity contribution is 0.00354. The lowest BCUT2D eigenvalue weighted by Gasteiger charge is -2.51. The fourth-order valence-corrected chi connectivity index (χ4v) is 5.09. The molecule has 3 fully saturated rings. The van der Waals surface area contributed by atoms with E-state index in [2.05, 4.69) is 27.9 Å². The van der Waals surface area contributed by atoms with Gasteiger partial charge in [0.05, 0.1) is 24.5 Å². The molecule has 0 saturated carbocycles. The van der Waals surface area contributed by atoms with Gasteiger partial charge in [-0.2, -0.15) is 0 Å². The van der Waals surface area contributed by atoms with Crippen LogP contribution in [0.3, 0.4) is 0 Å². The van der Waals surface area contributed by atoms with E-state index in [1.54, 1.807) is 0 Å². The van der Waals surface area contributed by atoms with Crippen LogP contribution in [0.5, 0.6) is 0 Å². The number of likely N-dealkylation sites (N-methyl/N-ethyl adjacent to an activating group) is 1. The zero-order valence-electron chi connectivity index (χ0n) is 17.1. The molecule has 1 amide bonds. The van der Waals surface area contributed by atoms with E-state index in [1.807, 2.05) is 41.2 Å². The third-order valence-corrected chi connectivity index (χ3v) is 6.51. The molecule has 0 radical (unpaired) electrons. The summed E-state index contributed by atoms with van der Waals surface area (Å²) in [6, 6.07) is 3.95. The van der Waals surface area contributed by atoms with Crippen LogP contribution >= 0.6 is 0 Å². The van der Waals surface area contributed by atoms with Crippen LogP contribution in [0.4, 0.5) is 5.95 Å². The molecule has 8 heteroatoms. The number of aromatic nitrogens is 3. The molecule has 29 heavy (non-hydrogen) atoms. The van der Waals surface area contributed by atoms with Crippen molar-refractivity contribution in [2.75, 3.05) is 64.4 Å². The summed E-state index contributed by atoms with van der Waals surface area (Å²) in [6.45, 7) is 6.64. The van der Waals surface area contributed by atoms with Gasteiger partial charge in [0, 0.05) is 76.2 Å². The smallest absolute Gasteiger partial charge is 0.255 e. The van der Waals surface area contributed by atoms with E-state index in [-0.39, 0.29) is 11.3 Å². The summed E-state index contributed by atoms with van der Waals surface area (Å²) < 4.78 is 7.37. The normalized spacial score (nSPS) is 24.1. The Hall–Kier alpha value is -2.45.